The molecule has 0 spiro atoms. The lowest BCUT2D eigenvalue weighted by Crippen LogP contribution is -2.01. The molecule has 0 amide bonds. The van der Waals surface area contributed by atoms with Gasteiger partial charge in [-0.25, -0.2) is 17.6 Å². The highest BCUT2D eigenvalue weighted by Gasteiger charge is 2.35. The molecular formula is C19H19F4N. The van der Waals surface area contributed by atoms with E-state index >= 15 is 0 Å². The summed E-state index contributed by atoms with van der Waals surface area (Å²) in [5.41, 5.74) is 7.31. The Hall–Kier alpha value is -1.88. The molecule has 1 nitrogen and oxygen atoms in total. The summed E-state index contributed by atoms with van der Waals surface area (Å²) in [4.78, 5) is 0. The molecule has 2 aliphatic rings. The smallest absolute Gasteiger partial charge is 0.159 e. The van der Waals surface area contributed by atoms with Gasteiger partial charge in [-0.3, -0.25) is 0 Å². The van der Waals surface area contributed by atoms with Crippen LogP contribution in [0.15, 0.2) is 36.4 Å². The Labute approximate surface area is 138 Å². The van der Waals surface area contributed by atoms with Crippen molar-refractivity contribution in [1.29, 1.82) is 0 Å². The van der Waals surface area contributed by atoms with E-state index in [0.717, 1.165) is 30.0 Å². The molecule has 0 aliphatic heterocycles. The lowest BCUT2D eigenvalue weighted by atomic mass is 10.1. The third kappa shape index (κ3) is 3.78. The number of halogens is 4. The molecule has 128 valence electrons. The van der Waals surface area contributed by atoms with E-state index in [1.165, 1.54) is 18.2 Å². The molecule has 2 aromatic carbocycles. The van der Waals surface area contributed by atoms with Crippen molar-refractivity contribution < 1.29 is 17.6 Å². The van der Waals surface area contributed by atoms with Gasteiger partial charge in [0.25, 0.3) is 0 Å². The highest BCUT2D eigenvalue weighted by atomic mass is 19.2. The third-order valence-electron chi connectivity index (χ3n) is 4.69. The van der Waals surface area contributed by atoms with Crippen molar-refractivity contribution in [3.63, 3.8) is 0 Å². The highest BCUT2D eigenvalue weighted by Crippen LogP contribution is 2.46. The Bertz CT molecular complexity index is 683. The molecule has 2 aromatic rings. The lowest BCUT2D eigenvalue weighted by molar-refractivity contribution is 0.507. The molecule has 4 rings (SSSR count). The first kappa shape index (κ1) is 17.0. The fourth-order valence-electron chi connectivity index (χ4n) is 2.87. The lowest BCUT2D eigenvalue weighted by Gasteiger charge is -1.98. The zero-order chi connectivity index (χ0) is 17.4. The van der Waals surface area contributed by atoms with Gasteiger partial charge in [-0.1, -0.05) is 19.1 Å². The first-order valence-electron chi connectivity index (χ1n) is 8.02. The van der Waals surface area contributed by atoms with Crippen LogP contribution < -0.4 is 5.73 Å². The van der Waals surface area contributed by atoms with E-state index in [4.69, 9.17) is 5.73 Å². The standard InChI is InChI=1S/C10H10F2.C9H9F2N/c1-6-4-8(6)7-2-3-9(11)10(12)5-7;10-7-2-1-5(3-8(7)11)6-4-9(6)12/h2-3,5-6,8H,4H2,1H3;1-3,6,9H,4,12H2/t6-,8-;6-,9+/m10/s1. The molecule has 0 bridgehead atoms. The van der Waals surface area contributed by atoms with Gasteiger partial charge in [-0.15, -0.1) is 0 Å². The molecule has 0 radical (unpaired) electrons. The minimum atomic E-state index is -0.798. The van der Waals surface area contributed by atoms with Crippen molar-refractivity contribution in [2.24, 2.45) is 11.7 Å². The molecule has 2 fully saturated rings. The summed E-state index contributed by atoms with van der Waals surface area (Å²) in [5, 5.41) is 0. The van der Waals surface area contributed by atoms with Gasteiger partial charge in [-0.05, 0) is 60.1 Å². The van der Waals surface area contributed by atoms with Crippen LogP contribution in [0.25, 0.3) is 0 Å². The summed E-state index contributed by atoms with van der Waals surface area (Å²) in [6.45, 7) is 2.12. The average Bonchev–Trinajstić information content (AvgIpc) is 3.44. The van der Waals surface area contributed by atoms with Crippen molar-refractivity contribution in [2.75, 3.05) is 0 Å². The zero-order valence-corrected chi connectivity index (χ0v) is 13.3. The molecule has 24 heavy (non-hydrogen) atoms. The summed E-state index contributed by atoms with van der Waals surface area (Å²) in [5.74, 6) is -1.74. The topological polar surface area (TPSA) is 26.0 Å². The van der Waals surface area contributed by atoms with Crippen LogP contribution >= 0.6 is 0 Å². The minimum Gasteiger partial charge on any atom is -0.327 e. The van der Waals surface area contributed by atoms with E-state index in [0.29, 0.717) is 11.8 Å². The number of nitrogens with two attached hydrogens (primary N) is 1. The number of benzene rings is 2. The molecule has 2 aliphatic carbocycles. The van der Waals surface area contributed by atoms with Gasteiger partial charge in [0.2, 0.25) is 0 Å². The summed E-state index contributed by atoms with van der Waals surface area (Å²) in [7, 11) is 0. The Morgan fingerprint density at radius 1 is 0.750 bits per heavy atom. The largest absolute Gasteiger partial charge is 0.327 e. The van der Waals surface area contributed by atoms with Crippen LogP contribution in [0.1, 0.15) is 42.7 Å². The monoisotopic (exact) mass is 337 g/mol. The summed E-state index contributed by atoms with van der Waals surface area (Å²) < 4.78 is 50.4. The van der Waals surface area contributed by atoms with E-state index in [9.17, 15) is 17.6 Å². The maximum absolute atomic E-state index is 12.7. The van der Waals surface area contributed by atoms with E-state index in [-0.39, 0.29) is 12.0 Å². The average molecular weight is 337 g/mol. The first-order chi connectivity index (χ1) is 11.4. The maximum Gasteiger partial charge on any atom is 0.159 e. The molecule has 2 saturated carbocycles. The van der Waals surface area contributed by atoms with Crippen molar-refractivity contribution in [2.45, 2.75) is 37.6 Å². The first-order valence-corrected chi connectivity index (χ1v) is 8.02. The van der Waals surface area contributed by atoms with Crippen molar-refractivity contribution in [1.82, 2.24) is 0 Å². The molecule has 0 aromatic heterocycles. The molecule has 4 atom stereocenters. The van der Waals surface area contributed by atoms with Crippen molar-refractivity contribution in [3.8, 4) is 0 Å². The quantitative estimate of drug-likeness (QED) is 0.778. The summed E-state index contributed by atoms with van der Waals surface area (Å²) in [6.07, 6.45) is 1.98. The maximum atomic E-state index is 12.7. The Morgan fingerprint density at radius 3 is 1.50 bits per heavy atom. The molecule has 0 saturated heterocycles. The highest BCUT2D eigenvalue weighted by molar-refractivity contribution is 5.28. The molecule has 0 heterocycles. The van der Waals surface area contributed by atoms with Gasteiger partial charge >= 0.3 is 0 Å². The second-order valence-corrected chi connectivity index (χ2v) is 6.67. The van der Waals surface area contributed by atoms with Crippen LogP contribution in [0, 0.1) is 29.2 Å². The van der Waals surface area contributed by atoms with E-state index in [2.05, 4.69) is 6.92 Å². The van der Waals surface area contributed by atoms with Crippen LogP contribution in [0.3, 0.4) is 0 Å². The SMILES string of the molecule is C[C@@H]1C[C@H]1c1ccc(F)c(F)c1.N[C@@H]1C[C@H]1c1ccc(F)c(F)c1. The van der Waals surface area contributed by atoms with Gasteiger partial charge in [0, 0.05) is 12.0 Å². The van der Waals surface area contributed by atoms with Crippen LogP contribution in [0.2, 0.25) is 0 Å². The molecule has 5 heteroatoms. The minimum absolute atomic E-state index is 0.134. The summed E-state index contributed by atoms with van der Waals surface area (Å²) in [6, 6.07) is 8.29. The second kappa shape index (κ2) is 6.55. The Balaban J connectivity index is 0.000000141. The van der Waals surface area contributed by atoms with Gasteiger partial charge < -0.3 is 5.73 Å². The van der Waals surface area contributed by atoms with Crippen molar-refractivity contribution in [3.05, 3.63) is 70.8 Å². The number of hydrogen-bond donors (Lipinski definition) is 1. The van der Waals surface area contributed by atoms with E-state index < -0.39 is 23.3 Å². The fourth-order valence-corrected chi connectivity index (χ4v) is 2.87. The normalized spacial score (nSPS) is 27.2. The second-order valence-electron chi connectivity index (χ2n) is 6.67. The molecule has 0 unspecified atom stereocenters. The zero-order valence-electron chi connectivity index (χ0n) is 13.3. The van der Waals surface area contributed by atoms with Crippen LogP contribution in [0.5, 0.6) is 0 Å². The number of rotatable bonds is 2. The van der Waals surface area contributed by atoms with Crippen LogP contribution in [-0.4, -0.2) is 6.04 Å². The van der Waals surface area contributed by atoms with E-state index in [1.54, 1.807) is 12.1 Å². The predicted octanol–water partition coefficient (Wildman–Crippen LogP) is 4.87. The fraction of sp³-hybridized carbons (Fsp3) is 0.368. The van der Waals surface area contributed by atoms with Crippen LogP contribution in [-0.2, 0) is 0 Å². The molecule has 2 N–H and O–H groups in total. The Kier molecular flexibility index (Phi) is 4.63. The predicted molar refractivity (Wildman–Crippen MR) is 84.6 cm³/mol. The van der Waals surface area contributed by atoms with Crippen molar-refractivity contribution >= 4 is 0 Å². The van der Waals surface area contributed by atoms with E-state index in [1.807, 2.05) is 0 Å². The number of hydrogen-bond acceptors (Lipinski definition) is 1. The summed E-state index contributed by atoms with van der Waals surface area (Å²) >= 11 is 0. The Morgan fingerprint density at radius 2 is 1.17 bits per heavy atom. The van der Waals surface area contributed by atoms with Gasteiger partial charge in [-0.2, -0.15) is 0 Å². The van der Waals surface area contributed by atoms with Crippen LogP contribution in [0.4, 0.5) is 17.6 Å². The third-order valence-corrected chi connectivity index (χ3v) is 4.69. The van der Waals surface area contributed by atoms with Gasteiger partial charge in [0.15, 0.2) is 23.3 Å². The van der Waals surface area contributed by atoms with Gasteiger partial charge in [0.1, 0.15) is 0 Å². The van der Waals surface area contributed by atoms with Gasteiger partial charge in [0.05, 0.1) is 0 Å². The molecular weight excluding hydrogens is 318 g/mol.